The number of carbonyl (C=O) groups excluding carboxylic acids is 4. The number of piperazine rings is 1. The van der Waals surface area contributed by atoms with Gasteiger partial charge < -0.3 is 44.6 Å². The van der Waals surface area contributed by atoms with Crippen molar-refractivity contribution in [1.29, 1.82) is 5.26 Å². The number of fused-ring (bicyclic) bond motifs is 4. The highest BCUT2D eigenvalue weighted by molar-refractivity contribution is 6.01. The van der Waals surface area contributed by atoms with Gasteiger partial charge in [0.05, 0.1) is 54.9 Å². The number of amides is 4. The third-order valence-electron chi connectivity index (χ3n) is 14.8. The Morgan fingerprint density at radius 1 is 0.924 bits per heavy atom. The van der Waals surface area contributed by atoms with Crippen LogP contribution in [0.5, 0.6) is 6.01 Å². The number of aryl methyl sites for hydroxylation is 2. The van der Waals surface area contributed by atoms with Crippen molar-refractivity contribution in [3.05, 3.63) is 123 Å². The molecule has 1 aliphatic carbocycles. The van der Waals surface area contributed by atoms with Crippen molar-refractivity contribution in [3.63, 3.8) is 0 Å². The number of alkyl carbamates (subject to hydrolysis) is 1. The van der Waals surface area contributed by atoms with Gasteiger partial charge in [-0.1, -0.05) is 62.9 Å². The molecule has 79 heavy (non-hydrogen) atoms. The molecule has 2 N–H and O–H groups in total. The van der Waals surface area contributed by atoms with E-state index < -0.39 is 12.1 Å². The fraction of sp³-hybridized carbons (Fsp3) is 0.443. The summed E-state index contributed by atoms with van der Waals surface area (Å²) in [6.07, 6.45) is 6.03. The molecule has 9 rings (SSSR count). The van der Waals surface area contributed by atoms with E-state index in [1.165, 1.54) is 54.4 Å². The van der Waals surface area contributed by atoms with Gasteiger partial charge in [0.25, 0.3) is 11.8 Å². The minimum absolute atomic E-state index is 0.119. The van der Waals surface area contributed by atoms with Crippen LogP contribution in [0.3, 0.4) is 0 Å². The first-order valence-corrected chi connectivity index (χ1v) is 27.3. The molecule has 5 aromatic rings. The van der Waals surface area contributed by atoms with Gasteiger partial charge in [0, 0.05) is 97.4 Å². The maximum atomic E-state index is 15.2. The van der Waals surface area contributed by atoms with E-state index in [0.717, 1.165) is 52.1 Å². The summed E-state index contributed by atoms with van der Waals surface area (Å²) in [5, 5.41) is 16.4. The average molecular weight is 1080 g/mol. The van der Waals surface area contributed by atoms with E-state index in [9.17, 15) is 19.2 Å². The van der Waals surface area contributed by atoms with Gasteiger partial charge in [0.15, 0.2) is 0 Å². The molecule has 0 bridgehead atoms. The molecule has 2 aromatic heterocycles. The maximum Gasteiger partial charge on any atom is 0.407 e. The van der Waals surface area contributed by atoms with Crippen molar-refractivity contribution >= 4 is 62.7 Å². The molecule has 1 saturated heterocycles. The second kappa shape index (κ2) is 26.6. The Balaban J connectivity index is 0.000000830. The number of aromatic nitrogens is 3. The lowest BCUT2D eigenvalue weighted by Gasteiger charge is -2.38. The Hall–Kier alpha value is -7.91. The largest absolute Gasteiger partial charge is 0.467 e. The smallest absolute Gasteiger partial charge is 0.407 e. The SMILES string of the molecule is C=C(C)C(=O)N1Cc2c(nc3cc(F)c(C)c4c3c2C(NC(=O)CCCNC(=O)OCC(=C)C(=O)N2CCN(c3nc(OC)nc5c3CCN(c3cccc6cccc(C)c36)C5)CC2)CC4)/C1=C/C.CC#N.CCCCN(C)C. The van der Waals surface area contributed by atoms with E-state index in [2.05, 4.69) is 103 Å². The number of halogens is 1. The number of benzene rings is 3. The van der Waals surface area contributed by atoms with Gasteiger partial charge in [-0.25, -0.2) is 14.2 Å². The fourth-order valence-corrected chi connectivity index (χ4v) is 10.9. The summed E-state index contributed by atoms with van der Waals surface area (Å²) in [7, 11) is 5.79. The van der Waals surface area contributed by atoms with Crippen LogP contribution in [0.15, 0.2) is 72.8 Å². The van der Waals surface area contributed by atoms with Gasteiger partial charge in [-0.15, -0.1) is 0 Å². The molecular formula is C61H76FN11O6. The monoisotopic (exact) mass is 1080 g/mol. The van der Waals surface area contributed by atoms with Gasteiger partial charge in [-0.05, 0) is 114 Å². The number of hydrogen-bond donors (Lipinski definition) is 2. The van der Waals surface area contributed by atoms with Crippen molar-refractivity contribution in [2.24, 2.45) is 0 Å². The molecule has 17 nitrogen and oxygen atoms in total. The lowest BCUT2D eigenvalue weighted by atomic mass is 9.81. The quantitative estimate of drug-likeness (QED) is 0.0747. The molecule has 18 heteroatoms. The molecule has 3 aromatic carbocycles. The van der Waals surface area contributed by atoms with Crippen molar-refractivity contribution in [2.45, 2.75) is 106 Å². The highest BCUT2D eigenvalue weighted by Crippen LogP contribution is 2.45. The first-order valence-electron chi connectivity index (χ1n) is 27.3. The molecular weight excluding hydrogens is 1000 g/mol. The van der Waals surface area contributed by atoms with Crippen LogP contribution in [0.25, 0.3) is 27.4 Å². The van der Waals surface area contributed by atoms with Crippen LogP contribution in [-0.2, 0) is 45.1 Å². The zero-order valence-electron chi connectivity index (χ0n) is 47.5. The van der Waals surface area contributed by atoms with Gasteiger partial charge in [0.2, 0.25) is 5.91 Å². The van der Waals surface area contributed by atoms with Crippen LogP contribution in [0, 0.1) is 31.0 Å². The van der Waals surface area contributed by atoms with Gasteiger partial charge in [0.1, 0.15) is 18.2 Å². The third-order valence-corrected chi connectivity index (χ3v) is 14.8. The maximum absolute atomic E-state index is 15.2. The van der Waals surface area contributed by atoms with E-state index in [1.54, 1.807) is 36.8 Å². The van der Waals surface area contributed by atoms with Crippen molar-refractivity contribution < 1.29 is 33.0 Å². The second-order valence-electron chi connectivity index (χ2n) is 20.7. The lowest BCUT2D eigenvalue weighted by Crippen LogP contribution is -2.50. The van der Waals surface area contributed by atoms with Crippen molar-refractivity contribution in [2.75, 3.05) is 83.4 Å². The van der Waals surface area contributed by atoms with Crippen LogP contribution < -0.4 is 25.2 Å². The average Bonchev–Trinajstić information content (AvgIpc) is 4.01. The van der Waals surface area contributed by atoms with E-state index in [0.29, 0.717) is 86.0 Å². The zero-order chi connectivity index (χ0) is 57.1. The minimum Gasteiger partial charge on any atom is -0.467 e. The standard InChI is InChI=1S/C53H58FN9O6.C6H15N.C2H3N/c1-8-42-48-37(27-63(42)50(65)30(2)3)47-39(18-17-35-33(6)38(54)26-40(57-48)46(35)47)56-44(64)16-11-20-55-53(67)69-29-32(5)51(66)61-24-22-60(23-25-61)49-36-19-21-62(28-41(36)58-52(59-49)68-7)43-15-10-14-34-13-9-12-31(4)45(34)43;1-4-5-6-7(2)3;1-2-3/h8-10,12-15,26,39H,2,5,11,16-25,27-29H2,1,3-4,6-7H3,(H,55,67)(H,56,64);4-6H2,1-3H3;1H3/b42-8-;;. The summed E-state index contributed by atoms with van der Waals surface area (Å²) >= 11 is 0. The van der Waals surface area contributed by atoms with Gasteiger partial charge >= 0.3 is 12.1 Å². The normalized spacial score (nSPS) is 15.8. The number of nitrogens with one attached hydrogen (secondary N) is 2. The summed E-state index contributed by atoms with van der Waals surface area (Å²) in [5.74, 6) is -0.251. The molecule has 0 radical (unpaired) electrons. The molecule has 1 atom stereocenters. The molecule has 3 aliphatic heterocycles. The summed E-state index contributed by atoms with van der Waals surface area (Å²) in [6.45, 7) is 23.6. The molecule has 4 aliphatic rings. The van der Waals surface area contributed by atoms with E-state index in [-0.39, 0.29) is 55.2 Å². The van der Waals surface area contributed by atoms with Crippen molar-refractivity contribution in [1.82, 2.24) is 40.3 Å². The van der Waals surface area contributed by atoms with E-state index in [4.69, 9.17) is 29.7 Å². The Labute approximate surface area is 464 Å². The van der Waals surface area contributed by atoms with Crippen LogP contribution in [0.2, 0.25) is 0 Å². The van der Waals surface area contributed by atoms with E-state index in [1.807, 2.05) is 13.0 Å². The summed E-state index contributed by atoms with van der Waals surface area (Å²) in [6, 6.07) is 15.9. The lowest BCUT2D eigenvalue weighted by molar-refractivity contribution is -0.128. The number of nitriles is 1. The number of carbonyl (C=O) groups is 4. The Bertz CT molecular complexity index is 3210. The zero-order valence-corrected chi connectivity index (χ0v) is 47.5. The molecule has 1 fully saturated rings. The number of unbranched alkanes of at least 4 members (excludes halogenated alkanes) is 1. The highest BCUT2D eigenvalue weighted by atomic mass is 19.1. The number of methoxy groups -OCH3 is 1. The van der Waals surface area contributed by atoms with Gasteiger partial charge in [-0.3, -0.25) is 14.4 Å². The Kier molecular flexibility index (Phi) is 19.8. The minimum atomic E-state index is -0.722. The topological polar surface area (TPSA) is 189 Å². The molecule has 5 heterocycles. The fourth-order valence-electron chi connectivity index (χ4n) is 10.9. The van der Waals surface area contributed by atoms with E-state index >= 15 is 4.39 Å². The number of allylic oxidation sites excluding steroid dienone is 1. The van der Waals surface area contributed by atoms with Crippen LogP contribution >= 0.6 is 0 Å². The predicted molar refractivity (Wildman–Crippen MR) is 308 cm³/mol. The Morgan fingerprint density at radius 2 is 1.65 bits per heavy atom. The first-order chi connectivity index (χ1) is 37.9. The number of hydrogen-bond acceptors (Lipinski definition) is 13. The summed E-state index contributed by atoms with van der Waals surface area (Å²) < 4.78 is 26.1. The Morgan fingerprint density at radius 3 is 2.30 bits per heavy atom. The molecule has 418 valence electrons. The molecule has 4 amide bonds. The van der Waals surface area contributed by atoms with Crippen LogP contribution in [0.4, 0.5) is 20.7 Å². The number of rotatable bonds is 15. The van der Waals surface area contributed by atoms with Crippen molar-refractivity contribution in [3.8, 4) is 12.1 Å². The van der Waals surface area contributed by atoms with Crippen LogP contribution in [-0.4, -0.2) is 127 Å². The number of pyridine rings is 1. The number of nitrogens with zero attached hydrogens (tertiary/aromatic N) is 9. The molecule has 0 spiro atoms. The van der Waals surface area contributed by atoms with Crippen LogP contribution in [0.1, 0.15) is 111 Å². The second-order valence-corrected chi connectivity index (χ2v) is 20.7. The van der Waals surface area contributed by atoms with Gasteiger partial charge in [-0.2, -0.15) is 15.2 Å². The predicted octanol–water partition coefficient (Wildman–Crippen LogP) is 9.18. The number of anilines is 2. The highest BCUT2D eigenvalue weighted by Gasteiger charge is 2.38. The summed E-state index contributed by atoms with van der Waals surface area (Å²) in [4.78, 5) is 77.4. The summed E-state index contributed by atoms with van der Waals surface area (Å²) in [5.41, 5.74) is 9.76. The first kappa shape index (κ1) is 58.8. The number of ether oxygens (including phenoxy) is 2. The third kappa shape index (κ3) is 13.3. The molecule has 1 unspecified atom stereocenters. The molecule has 0 saturated carbocycles.